The van der Waals surface area contributed by atoms with Crippen LogP contribution in [0.2, 0.25) is 0 Å². The number of H-pyrrole nitrogens is 2. The van der Waals surface area contributed by atoms with E-state index in [1.54, 1.807) is 0 Å². The lowest BCUT2D eigenvalue weighted by atomic mass is 10.3. The number of fused-ring (bicyclic) bond motifs is 2. The zero-order chi connectivity index (χ0) is 32.2. The molecule has 44 heavy (non-hydrogen) atoms. The Morgan fingerprint density at radius 1 is 0.795 bits per heavy atom. The van der Waals surface area contributed by atoms with E-state index >= 15 is 0 Å². The molecular weight excluding hydrogens is 624 g/mol. The number of aromatic nitrogens is 4. The summed E-state index contributed by atoms with van der Waals surface area (Å²) in [6, 6.07) is 3.73. The summed E-state index contributed by atoms with van der Waals surface area (Å²) in [4.78, 5) is 80.9. The quantitative estimate of drug-likeness (QED) is 0.140. The van der Waals surface area contributed by atoms with Crippen LogP contribution in [0.3, 0.4) is 0 Å². The van der Waals surface area contributed by atoms with Gasteiger partial charge in [0, 0.05) is 19.6 Å². The number of carbonyl (C=O) groups is 4. The van der Waals surface area contributed by atoms with Crippen LogP contribution >= 0.6 is 22.7 Å². The Kier molecular flexibility index (Phi) is 12.6. The van der Waals surface area contributed by atoms with E-state index in [0.29, 0.717) is 45.2 Å². The van der Waals surface area contributed by atoms with E-state index in [1.807, 2.05) is 22.9 Å². The fourth-order valence-electron chi connectivity index (χ4n) is 3.97. The number of rotatable bonds is 8. The average molecular weight is 653 g/mol. The number of carboxylic acid groups (broad SMARTS) is 4. The number of aliphatic carboxylic acids is 4. The van der Waals surface area contributed by atoms with Gasteiger partial charge in [0.05, 0.1) is 37.3 Å². The number of nitrogens with zero attached hydrogens (tertiary/aromatic N) is 4. The highest BCUT2D eigenvalue weighted by Crippen LogP contribution is 2.16. The zero-order valence-electron chi connectivity index (χ0n) is 22.9. The lowest BCUT2D eigenvalue weighted by Gasteiger charge is -2.28. The maximum Gasteiger partial charge on any atom is 0.414 e. The highest BCUT2D eigenvalue weighted by molar-refractivity contribution is 7.17. The lowest BCUT2D eigenvalue weighted by molar-refractivity contribution is -0.159. The van der Waals surface area contributed by atoms with Gasteiger partial charge in [0.25, 0.3) is 11.1 Å². The third kappa shape index (κ3) is 10.3. The van der Waals surface area contributed by atoms with Gasteiger partial charge in [0.15, 0.2) is 0 Å². The molecule has 17 nitrogen and oxygen atoms in total. The Morgan fingerprint density at radius 3 is 1.64 bits per heavy atom. The summed E-state index contributed by atoms with van der Waals surface area (Å²) in [6.07, 6.45) is 0.954. The van der Waals surface area contributed by atoms with E-state index in [4.69, 9.17) is 44.3 Å². The number of aromatic amines is 2. The van der Waals surface area contributed by atoms with Gasteiger partial charge in [-0.2, -0.15) is 0 Å². The molecule has 236 valence electrons. The first-order valence-corrected chi connectivity index (χ1v) is 14.6. The molecule has 19 heteroatoms. The van der Waals surface area contributed by atoms with Crippen molar-refractivity contribution in [2.45, 2.75) is 19.5 Å². The SMILES string of the molecule is O=C(O)C(=O)O.O=C(O)C(=O)O.O=c1[nH]c(CN(CCCN2CCOCC2)Cc2nc3ccsc3c(=O)[nH]2)nc2ccsc12. The van der Waals surface area contributed by atoms with Crippen molar-refractivity contribution in [3.63, 3.8) is 0 Å². The molecule has 0 amide bonds. The van der Waals surface area contributed by atoms with Crippen LogP contribution in [0.5, 0.6) is 0 Å². The van der Waals surface area contributed by atoms with E-state index in [1.165, 1.54) is 22.7 Å². The maximum atomic E-state index is 12.4. The average Bonchev–Trinajstić information content (AvgIpc) is 3.65. The molecule has 1 fully saturated rings. The van der Waals surface area contributed by atoms with Crippen molar-refractivity contribution in [3.05, 3.63) is 55.2 Å². The second-order valence-electron chi connectivity index (χ2n) is 9.03. The van der Waals surface area contributed by atoms with Gasteiger partial charge in [-0.25, -0.2) is 29.1 Å². The second-order valence-corrected chi connectivity index (χ2v) is 10.9. The molecule has 1 saturated heterocycles. The fraction of sp³-hybridized carbons (Fsp3) is 0.360. The first-order valence-electron chi connectivity index (χ1n) is 12.8. The van der Waals surface area contributed by atoms with Crippen LogP contribution in [0.25, 0.3) is 20.4 Å². The molecule has 0 radical (unpaired) electrons. The molecule has 4 aromatic heterocycles. The van der Waals surface area contributed by atoms with Crippen molar-refractivity contribution in [1.82, 2.24) is 29.7 Å². The largest absolute Gasteiger partial charge is 0.473 e. The fourth-order valence-corrected chi connectivity index (χ4v) is 5.42. The summed E-state index contributed by atoms with van der Waals surface area (Å²) in [5.74, 6) is -6.06. The number of hydrogen-bond acceptors (Lipinski definition) is 13. The van der Waals surface area contributed by atoms with Gasteiger partial charge in [-0.05, 0) is 35.9 Å². The summed E-state index contributed by atoms with van der Waals surface area (Å²) in [5, 5.41) is 33.3. The number of hydrogen-bond donors (Lipinski definition) is 6. The van der Waals surface area contributed by atoms with Crippen molar-refractivity contribution in [3.8, 4) is 0 Å². The zero-order valence-corrected chi connectivity index (χ0v) is 24.6. The van der Waals surface area contributed by atoms with E-state index in [-0.39, 0.29) is 11.1 Å². The molecule has 0 atom stereocenters. The van der Waals surface area contributed by atoms with Crippen LogP contribution in [-0.2, 0) is 37.0 Å². The molecule has 1 aliphatic heterocycles. The predicted octanol–water partition coefficient (Wildman–Crippen LogP) is 0.318. The lowest BCUT2D eigenvalue weighted by Crippen LogP contribution is -2.38. The minimum atomic E-state index is -1.82. The van der Waals surface area contributed by atoms with E-state index in [2.05, 4.69) is 29.7 Å². The van der Waals surface area contributed by atoms with Crippen molar-refractivity contribution in [2.75, 3.05) is 39.4 Å². The Morgan fingerprint density at radius 2 is 1.23 bits per heavy atom. The minimum Gasteiger partial charge on any atom is -0.473 e. The van der Waals surface area contributed by atoms with Crippen LogP contribution in [0.15, 0.2) is 32.5 Å². The minimum absolute atomic E-state index is 0.112. The number of thiophene rings is 2. The monoisotopic (exact) mass is 652 g/mol. The highest BCUT2D eigenvalue weighted by Gasteiger charge is 2.16. The Bertz CT molecular complexity index is 1590. The van der Waals surface area contributed by atoms with Crippen LogP contribution < -0.4 is 11.1 Å². The maximum absolute atomic E-state index is 12.4. The van der Waals surface area contributed by atoms with Crippen molar-refractivity contribution < 1.29 is 44.3 Å². The summed E-state index contributed by atoms with van der Waals surface area (Å²) >= 11 is 2.79. The third-order valence-corrected chi connectivity index (χ3v) is 7.70. The number of morpholine rings is 1. The standard InChI is InChI=1S/C21H24N6O3S2.2C2H2O4/c28-20-18-14(2-10-31-18)22-16(24-20)12-27(5-1-4-26-6-8-30-9-7-26)13-17-23-15-3-11-32-19(15)21(29)25-17;2*3-1(4)2(5)6/h2-3,10-11H,1,4-9,12-13H2,(H,22,24,28)(H,23,25,29);2*(H,3,4)(H,5,6). The van der Waals surface area contributed by atoms with Crippen LogP contribution in [0, 0.1) is 0 Å². The molecule has 5 heterocycles. The molecule has 0 spiro atoms. The van der Waals surface area contributed by atoms with E-state index < -0.39 is 23.9 Å². The van der Waals surface area contributed by atoms with Gasteiger partial charge in [0.2, 0.25) is 0 Å². The van der Waals surface area contributed by atoms with Gasteiger partial charge in [0.1, 0.15) is 21.0 Å². The summed E-state index contributed by atoms with van der Waals surface area (Å²) in [5.41, 5.74) is 1.21. The van der Waals surface area contributed by atoms with Gasteiger partial charge in [-0.15, -0.1) is 22.7 Å². The molecule has 0 aromatic carbocycles. The van der Waals surface area contributed by atoms with Crippen LogP contribution in [-0.4, -0.2) is 113 Å². The Hall–Kier alpha value is -4.56. The first kappa shape index (κ1) is 33.9. The molecule has 0 unspecified atom stereocenters. The molecule has 1 aliphatic rings. The second kappa shape index (κ2) is 16.3. The van der Waals surface area contributed by atoms with Crippen molar-refractivity contribution in [2.24, 2.45) is 0 Å². The summed E-state index contributed by atoms with van der Waals surface area (Å²) < 4.78 is 6.71. The summed E-state index contributed by atoms with van der Waals surface area (Å²) in [6.45, 7) is 6.16. The molecule has 6 N–H and O–H groups in total. The number of nitrogens with one attached hydrogen (secondary N) is 2. The van der Waals surface area contributed by atoms with Gasteiger partial charge in [-0.3, -0.25) is 19.4 Å². The molecule has 5 rings (SSSR count). The summed E-state index contributed by atoms with van der Waals surface area (Å²) in [7, 11) is 0. The topological polar surface area (TPSA) is 256 Å². The number of carboxylic acids is 4. The third-order valence-electron chi connectivity index (χ3n) is 5.89. The van der Waals surface area contributed by atoms with Crippen LogP contribution in [0.4, 0.5) is 0 Å². The van der Waals surface area contributed by atoms with Crippen molar-refractivity contribution >= 4 is 67.0 Å². The molecular formula is C25H28N6O11S2. The number of ether oxygens (including phenoxy) is 1. The van der Waals surface area contributed by atoms with Crippen LogP contribution in [0.1, 0.15) is 18.1 Å². The predicted molar refractivity (Wildman–Crippen MR) is 157 cm³/mol. The first-order chi connectivity index (χ1) is 20.9. The van der Waals surface area contributed by atoms with Crippen molar-refractivity contribution in [1.29, 1.82) is 0 Å². The Balaban J connectivity index is 0.000000375. The van der Waals surface area contributed by atoms with Gasteiger partial charge in [-0.1, -0.05) is 0 Å². The highest BCUT2D eigenvalue weighted by atomic mass is 32.1. The van der Waals surface area contributed by atoms with E-state index in [0.717, 1.165) is 45.8 Å². The van der Waals surface area contributed by atoms with Gasteiger partial charge >= 0.3 is 23.9 Å². The van der Waals surface area contributed by atoms with E-state index in [9.17, 15) is 9.59 Å². The molecule has 4 aromatic rings. The molecule has 0 aliphatic carbocycles. The smallest absolute Gasteiger partial charge is 0.414 e. The van der Waals surface area contributed by atoms with Gasteiger partial charge < -0.3 is 35.1 Å². The molecule has 0 saturated carbocycles. The Labute approximate surface area is 255 Å². The normalized spacial score (nSPS) is 13.1. The molecule has 0 bridgehead atoms.